The minimum atomic E-state index is -3.34. The number of aromatic nitrogens is 4. The summed E-state index contributed by atoms with van der Waals surface area (Å²) in [6.07, 6.45) is 13.2. The molecule has 4 rings (SSSR count). The van der Waals surface area contributed by atoms with Gasteiger partial charge in [-0.3, -0.25) is 4.90 Å². The van der Waals surface area contributed by atoms with Crippen molar-refractivity contribution >= 4 is 9.84 Å². The summed E-state index contributed by atoms with van der Waals surface area (Å²) in [4.78, 5) is 14.8. The normalized spacial score (nSPS) is 18.4. The molecule has 2 aromatic rings. The van der Waals surface area contributed by atoms with Gasteiger partial charge in [-0.05, 0) is 50.6 Å². The fraction of sp³-hybridized carbons (Fsp3) is 0.667. The third-order valence-corrected chi connectivity index (χ3v) is 7.80. The first-order chi connectivity index (χ1) is 14.0. The van der Waals surface area contributed by atoms with Crippen LogP contribution in [0.1, 0.15) is 56.3 Å². The molecular formula is C21H31N5O2S. The third kappa shape index (κ3) is 5.42. The quantitative estimate of drug-likeness (QED) is 0.624. The molecule has 2 aliphatic rings. The second-order valence-corrected chi connectivity index (χ2v) is 10.7. The maximum Gasteiger partial charge on any atom is 0.227 e. The SMILES string of the molecule is CN(Cc1ccncn1)Cc1cnc(S(=O)(=O)CC2CC2)n1CC1CCCCC1. The molecule has 2 heterocycles. The van der Waals surface area contributed by atoms with Crippen LogP contribution in [0.15, 0.2) is 29.9 Å². The molecule has 2 saturated carbocycles. The van der Waals surface area contributed by atoms with Crippen LogP contribution in [0.2, 0.25) is 0 Å². The molecule has 0 spiro atoms. The Morgan fingerprint density at radius 2 is 1.86 bits per heavy atom. The van der Waals surface area contributed by atoms with Gasteiger partial charge in [0.1, 0.15) is 6.33 Å². The molecule has 2 fully saturated rings. The lowest BCUT2D eigenvalue weighted by Crippen LogP contribution is -2.24. The lowest BCUT2D eigenvalue weighted by molar-refractivity contribution is 0.280. The average molecular weight is 418 g/mol. The van der Waals surface area contributed by atoms with Crippen molar-refractivity contribution in [2.24, 2.45) is 11.8 Å². The van der Waals surface area contributed by atoms with Crippen LogP contribution in [-0.4, -0.2) is 45.6 Å². The maximum atomic E-state index is 13.0. The largest absolute Gasteiger partial charge is 0.317 e. The monoisotopic (exact) mass is 417 g/mol. The molecule has 0 radical (unpaired) electrons. The van der Waals surface area contributed by atoms with E-state index < -0.39 is 9.84 Å². The van der Waals surface area contributed by atoms with Crippen molar-refractivity contribution in [3.63, 3.8) is 0 Å². The number of sulfone groups is 1. The predicted octanol–water partition coefficient (Wildman–Crippen LogP) is 3.07. The topological polar surface area (TPSA) is 81.0 Å². The van der Waals surface area contributed by atoms with Gasteiger partial charge in [0.15, 0.2) is 0 Å². The van der Waals surface area contributed by atoms with E-state index in [-0.39, 0.29) is 10.9 Å². The molecule has 7 nitrogen and oxygen atoms in total. The Hall–Kier alpha value is -1.80. The number of nitrogens with zero attached hydrogens (tertiary/aromatic N) is 5. The van der Waals surface area contributed by atoms with Crippen molar-refractivity contribution in [3.8, 4) is 0 Å². The van der Waals surface area contributed by atoms with Gasteiger partial charge >= 0.3 is 0 Å². The summed E-state index contributed by atoms with van der Waals surface area (Å²) in [5, 5.41) is 0.278. The van der Waals surface area contributed by atoms with Crippen LogP contribution in [-0.2, 0) is 29.5 Å². The molecule has 0 unspecified atom stereocenters. The van der Waals surface area contributed by atoms with Gasteiger partial charge in [-0.15, -0.1) is 0 Å². The standard InChI is InChI=1S/C21H31N5O2S/c1-25(13-19-9-10-22-16-24-19)14-20-11-23-21(29(27,28)15-18-7-8-18)26(20)12-17-5-3-2-4-6-17/h9-11,16-18H,2-8,12-15H2,1H3. The highest BCUT2D eigenvalue weighted by Gasteiger charge is 2.33. The maximum absolute atomic E-state index is 13.0. The van der Waals surface area contributed by atoms with E-state index in [0.717, 1.165) is 30.8 Å². The number of hydrogen-bond acceptors (Lipinski definition) is 6. The van der Waals surface area contributed by atoms with Gasteiger partial charge in [-0.2, -0.15) is 0 Å². The summed E-state index contributed by atoms with van der Waals surface area (Å²) in [6, 6.07) is 1.90. The van der Waals surface area contributed by atoms with Crippen molar-refractivity contribution in [3.05, 3.63) is 36.2 Å². The zero-order chi connectivity index (χ0) is 20.3. The molecule has 8 heteroatoms. The van der Waals surface area contributed by atoms with E-state index in [1.54, 1.807) is 18.7 Å². The highest BCUT2D eigenvalue weighted by Crippen LogP contribution is 2.33. The molecule has 0 aromatic carbocycles. The van der Waals surface area contributed by atoms with Gasteiger partial charge in [0.05, 0.1) is 23.3 Å². The summed E-state index contributed by atoms with van der Waals surface area (Å²) >= 11 is 0. The zero-order valence-electron chi connectivity index (χ0n) is 17.2. The van der Waals surface area contributed by atoms with Crippen molar-refractivity contribution in [1.82, 2.24) is 24.4 Å². The van der Waals surface area contributed by atoms with Gasteiger partial charge in [-0.1, -0.05) is 19.3 Å². The molecule has 0 amide bonds. The summed E-state index contributed by atoms with van der Waals surface area (Å²) in [6.45, 7) is 2.08. The Labute approximate surface area is 173 Å². The minimum Gasteiger partial charge on any atom is -0.317 e. The Bertz CT molecular complexity index is 902. The highest BCUT2D eigenvalue weighted by atomic mass is 32.2. The predicted molar refractivity (Wildman–Crippen MR) is 111 cm³/mol. The first-order valence-electron chi connectivity index (χ1n) is 10.7. The van der Waals surface area contributed by atoms with Crippen molar-refractivity contribution in [2.45, 2.75) is 69.7 Å². The Balaban J connectivity index is 1.54. The van der Waals surface area contributed by atoms with E-state index in [2.05, 4.69) is 19.9 Å². The van der Waals surface area contributed by atoms with Crippen molar-refractivity contribution in [2.75, 3.05) is 12.8 Å². The molecular weight excluding hydrogens is 386 g/mol. The second kappa shape index (κ2) is 8.92. The zero-order valence-corrected chi connectivity index (χ0v) is 18.0. The smallest absolute Gasteiger partial charge is 0.227 e. The van der Waals surface area contributed by atoms with E-state index in [1.165, 1.54) is 32.1 Å². The summed E-state index contributed by atoms with van der Waals surface area (Å²) < 4.78 is 28.0. The van der Waals surface area contributed by atoms with Crippen LogP contribution in [0.25, 0.3) is 0 Å². The van der Waals surface area contributed by atoms with Crippen molar-refractivity contribution in [1.29, 1.82) is 0 Å². The Morgan fingerprint density at radius 1 is 1.07 bits per heavy atom. The molecule has 2 aliphatic carbocycles. The third-order valence-electron chi connectivity index (χ3n) is 6.00. The molecule has 0 N–H and O–H groups in total. The van der Waals surface area contributed by atoms with Gasteiger partial charge in [0.2, 0.25) is 15.0 Å². The van der Waals surface area contributed by atoms with Crippen LogP contribution in [0, 0.1) is 11.8 Å². The van der Waals surface area contributed by atoms with Crippen LogP contribution >= 0.6 is 0 Å². The highest BCUT2D eigenvalue weighted by molar-refractivity contribution is 7.91. The molecule has 0 atom stereocenters. The molecule has 0 bridgehead atoms. The van der Waals surface area contributed by atoms with Gasteiger partial charge < -0.3 is 4.57 Å². The lowest BCUT2D eigenvalue weighted by Gasteiger charge is -2.25. The van der Waals surface area contributed by atoms with Gasteiger partial charge in [-0.25, -0.2) is 23.4 Å². The summed E-state index contributed by atoms with van der Waals surface area (Å²) in [5.41, 5.74) is 1.92. The summed E-state index contributed by atoms with van der Waals surface area (Å²) in [5.74, 6) is 1.10. The lowest BCUT2D eigenvalue weighted by atomic mass is 9.89. The van der Waals surface area contributed by atoms with Gasteiger partial charge in [0, 0.05) is 25.8 Å². The molecule has 2 aromatic heterocycles. The van der Waals surface area contributed by atoms with E-state index in [4.69, 9.17) is 0 Å². The molecule has 0 aliphatic heterocycles. The molecule has 158 valence electrons. The van der Waals surface area contributed by atoms with Gasteiger partial charge in [0.25, 0.3) is 0 Å². The van der Waals surface area contributed by atoms with E-state index in [0.29, 0.717) is 24.9 Å². The first-order valence-corrected chi connectivity index (χ1v) is 12.4. The number of rotatable bonds is 9. The first kappa shape index (κ1) is 20.5. The Morgan fingerprint density at radius 3 is 2.55 bits per heavy atom. The fourth-order valence-electron chi connectivity index (χ4n) is 4.28. The van der Waals surface area contributed by atoms with E-state index in [1.807, 2.05) is 17.7 Å². The second-order valence-electron chi connectivity index (χ2n) is 8.74. The molecule has 0 saturated heterocycles. The van der Waals surface area contributed by atoms with E-state index >= 15 is 0 Å². The molecule has 29 heavy (non-hydrogen) atoms. The number of imidazole rings is 1. The van der Waals surface area contributed by atoms with E-state index in [9.17, 15) is 8.42 Å². The van der Waals surface area contributed by atoms with Crippen LogP contribution < -0.4 is 0 Å². The van der Waals surface area contributed by atoms with Crippen molar-refractivity contribution < 1.29 is 8.42 Å². The number of hydrogen-bond donors (Lipinski definition) is 0. The fourth-order valence-corrected chi connectivity index (χ4v) is 6.12. The average Bonchev–Trinajstić information content (AvgIpc) is 3.42. The summed E-state index contributed by atoms with van der Waals surface area (Å²) in [7, 11) is -1.31. The van der Waals surface area contributed by atoms with Crippen LogP contribution in [0.5, 0.6) is 0 Å². The van der Waals surface area contributed by atoms with Crippen LogP contribution in [0.4, 0.5) is 0 Å². The minimum absolute atomic E-state index is 0.241. The Kier molecular flexibility index (Phi) is 6.29. The van der Waals surface area contributed by atoms with Crippen LogP contribution in [0.3, 0.4) is 0 Å².